The average molecular weight is 309 g/mol. The van der Waals surface area contributed by atoms with Gasteiger partial charge in [-0.05, 0) is 43.5 Å². The van der Waals surface area contributed by atoms with E-state index in [-0.39, 0.29) is 11.4 Å². The Hall–Kier alpha value is -1.55. The fourth-order valence-electron chi connectivity index (χ4n) is 1.95. The summed E-state index contributed by atoms with van der Waals surface area (Å²) in [5, 5.41) is 9.77. The molecule has 0 amide bonds. The maximum atomic E-state index is 12.0. The second-order valence-corrected chi connectivity index (χ2v) is 6.78. The van der Waals surface area contributed by atoms with Crippen LogP contribution in [-0.2, 0) is 10.0 Å². The number of aliphatic hydroxyl groups is 1. The number of ether oxygens (including phenoxy) is 1. The molecule has 6 heteroatoms. The van der Waals surface area contributed by atoms with Crippen LogP contribution in [0.25, 0.3) is 0 Å². The molecular formula is C15H19NO4S. The molecular weight excluding hydrogens is 290 g/mol. The van der Waals surface area contributed by atoms with Gasteiger partial charge in [-0.25, -0.2) is 13.1 Å². The molecule has 21 heavy (non-hydrogen) atoms. The van der Waals surface area contributed by atoms with Gasteiger partial charge in [-0.15, -0.1) is 0 Å². The van der Waals surface area contributed by atoms with Crippen LogP contribution in [0.3, 0.4) is 0 Å². The summed E-state index contributed by atoms with van der Waals surface area (Å²) in [6, 6.07) is 6.18. The first kappa shape index (κ1) is 15.8. The number of benzene rings is 1. The van der Waals surface area contributed by atoms with Crippen LogP contribution in [0.2, 0.25) is 0 Å². The van der Waals surface area contributed by atoms with E-state index in [1.165, 1.54) is 19.2 Å². The van der Waals surface area contributed by atoms with Crippen molar-refractivity contribution < 1.29 is 18.3 Å². The normalized spacial score (nSPS) is 16.5. The van der Waals surface area contributed by atoms with Crippen molar-refractivity contribution in [2.45, 2.75) is 36.2 Å². The van der Waals surface area contributed by atoms with Gasteiger partial charge in [-0.3, -0.25) is 0 Å². The third kappa shape index (κ3) is 4.21. The van der Waals surface area contributed by atoms with E-state index in [1.54, 1.807) is 12.1 Å². The van der Waals surface area contributed by atoms with Crippen molar-refractivity contribution in [1.82, 2.24) is 4.72 Å². The van der Waals surface area contributed by atoms with E-state index in [4.69, 9.17) is 4.74 Å². The van der Waals surface area contributed by atoms with E-state index in [1.807, 2.05) is 0 Å². The highest BCUT2D eigenvalue weighted by Crippen LogP contribution is 2.30. The molecule has 2 N–H and O–H groups in total. The summed E-state index contributed by atoms with van der Waals surface area (Å²) in [5.41, 5.74) is -0.838. The summed E-state index contributed by atoms with van der Waals surface area (Å²) in [4.78, 5) is 0.189. The highest BCUT2D eigenvalue weighted by molar-refractivity contribution is 7.89. The van der Waals surface area contributed by atoms with E-state index in [2.05, 4.69) is 16.6 Å². The Labute approximate surface area is 125 Å². The third-order valence-electron chi connectivity index (χ3n) is 3.41. The summed E-state index contributed by atoms with van der Waals surface area (Å²) in [7, 11) is -2.00. The summed E-state index contributed by atoms with van der Waals surface area (Å²) in [6.07, 6.45) is 2.78. The number of methoxy groups -OCH3 is 1. The first-order valence-electron chi connectivity index (χ1n) is 6.81. The summed E-state index contributed by atoms with van der Waals surface area (Å²) in [5.74, 6) is 6.22. The van der Waals surface area contributed by atoms with Gasteiger partial charge >= 0.3 is 0 Å². The van der Waals surface area contributed by atoms with Gasteiger partial charge in [-0.1, -0.05) is 11.8 Å². The minimum atomic E-state index is -3.53. The minimum absolute atomic E-state index is 0.189. The Morgan fingerprint density at radius 2 is 2.00 bits per heavy atom. The Kier molecular flexibility index (Phi) is 4.88. The molecule has 1 aliphatic carbocycles. The molecule has 1 saturated carbocycles. The molecule has 1 aliphatic rings. The molecule has 0 atom stereocenters. The third-order valence-corrected chi connectivity index (χ3v) is 4.89. The van der Waals surface area contributed by atoms with Gasteiger partial charge in [0, 0.05) is 13.0 Å². The van der Waals surface area contributed by atoms with Gasteiger partial charge in [-0.2, -0.15) is 0 Å². The Morgan fingerprint density at radius 1 is 1.33 bits per heavy atom. The zero-order valence-electron chi connectivity index (χ0n) is 11.9. The van der Waals surface area contributed by atoms with Crippen molar-refractivity contribution >= 4 is 10.0 Å². The van der Waals surface area contributed by atoms with Gasteiger partial charge in [0.2, 0.25) is 10.0 Å². The van der Waals surface area contributed by atoms with Crippen LogP contribution in [0, 0.1) is 11.8 Å². The fourth-order valence-corrected chi connectivity index (χ4v) is 2.98. The van der Waals surface area contributed by atoms with Gasteiger partial charge < -0.3 is 9.84 Å². The topological polar surface area (TPSA) is 75.6 Å². The molecule has 2 rings (SSSR count). The first-order valence-corrected chi connectivity index (χ1v) is 8.30. The molecule has 1 fully saturated rings. The summed E-state index contributed by atoms with van der Waals surface area (Å²) < 4.78 is 31.5. The lowest BCUT2D eigenvalue weighted by Gasteiger charge is -2.30. The Balaban J connectivity index is 1.86. The molecule has 1 aromatic rings. The lowest BCUT2D eigenvalue weighted by molar-refractivity contribution is 0.0239. The fraction of sp³-hybridized carbons (Fsp3) is 0.467. The Bertz CT molecular complexity index is 636. The maximum Gasteiger partial charge on any atom is 0.240 e. The zero-order valence-corrected chi connectivity index (χ0v) is 12.7. The maximum absolute atomic E-state index is 12.0. The number of nitrogens with one attached hydrogen (secondary N) is 1. The van der Waals surface area contributed by atoms with Crippen molar-refractivity contribution in [2.24, 2.45) is 0 Å². The van der Waals surface area contributed by atoms with Gasteiger partial charge in [0.05, 0.1) is 12.0 Å². The largest absolute Gasteiger partial charge is 0.497 e. The standard InChI is InChI=1S/C15H19NO4S/c1-20-13-5-7-14(8-6-13)21(18,19)16-12-3-2-9-15(17)10-4-11-15/h5-8,16-17H,3-4,10-12H2,1H3. The highest BCUT2D eigenvalue weighted by atomic mass is 32.2. The predicted octanol–water partition coefficient (Wildman–Crippen LogP) is 1.28. The molecule has 0 bridgehead atoms. The zero-order chi connectivity index (χ0) is 15.3. The van der Waals surface area contributed by atoms with Crippen LogP contribution in [-0.4, -0.2) is 32.8 Å². The SMILES string of the molecule is COc1ccc(S(=O)(=O)NCCC#CC2(O)CCC2)cc1. The van der Waals surface area contributed by atoms with Crippen molar-refractivity contribution in [1.29, 1.82) is 0 Å². The molecule has 0 saturated heterocycles. The molecule has 114 valence electrons. The molecule has 0 unspecified atom stereocenters. The number of rotatable bonds is 5. The number of hydrogen-bond donors (Lipinski definition) is 2. The average Bonchev–Trinajstić information content (AvgIpc) is 2.45. The van der Waals surface area contributed by atoms with Gasteiger partial charge in [0.1, 0.15) is 11.4 Å². The Morgan fingerprint density at radius 3 is 2.52 bits per heavy atom. The molecule has 0 aliphatic heterocycles. The van der Waals surface area contributed by atoms with Gasteiger partial charge in [0.25, 0.3) is 0 Å². The van der Waals surface area contributed by atoms with Crippen molar-refractivity contribution in [3.63, 3.8) is 0 Å². The van der Waals surface area contributed by atoms with Crippen LogP contribution in [0.4, 0.5) is 0 Å². The number of sulfonamides is 1. The smallest absolute Gasteiger partial charge is 0.240 e. The van der Waals surface area contributed by atoms with Crippen LogP contribution in [0.1, 0.15) is 25.7 Å². The van der Waals surface area contributed by atoms with E-state index in [0.717, 1.165) is 6.42 Å². The lowest BCUT2D eigenvalue weighted by atomic mass is 9.81. The molecule has 5 nitrogen and oxygen atoms in total. The van der Waals surface area contributed by atoms with Crippen molar-refractivity contribution in [3.8, 4) is 17.6 Å². The molecule has 0 aromatic heterocycles. The molecule has 0 spiro atoms. The number of hydrogen-bond acceptors (Lipinski definition) is 4. The summed E-state index contributed by atoms with van der Waals surface area (Å²) >= 11 is 0. The molecule has 0 heterocycles. The monoisotopic (exact) mass is 309 g/mol. The van der Waals surface area contributed by atoms with E-state index in [0.29, 0.717) is 25.0 Å². The second-order valence-electron chi connectivity index (χ2n) is 5.01. The van der Waals surface area contributed by atoms with Crippen molar-refractivity contribution in [3.05, 3.63) is 24.3 Å². The predicted molar refractivity (Wildman–Crippen MR) is 79.4 cm³/mol. The van der Waals surface area contributed by atoms with Crippen molar-refractivity contribution in [2.75, 3.05) is 13.7 Å². The minimum Gasteiger partial charge on any atom is -0.497 e. The van der Waals surface area contributed by atoms with Crippen LogP contribution in [0.5, 0.6) is 5.75 Å². The first-order chi connectivity index (χ1) is 9.95. The quantitative estimate of drug-likeness (QED) is 0.635. The van der Waals surface area contributed by atoms with Crippen LogP contribution in [0.15, 0.2) is 29.2 Å². The second kappa shape index (κ2) is 6.48. The van der Waals surface area contributed by atoms with E-state index in [9.17, 15) is 13.5 Å². The van der Waals surface area contributed by atoms with Gasteiger partial charge in [0.15, 0.2) is 0 Å². The van der Waals surface area contributed by atoms with E-state index >= 15 is 0 Å². The lowest BCUT2D eigenvalue weighted by Crippen LogP contribution is -2.34. The molecule has 1 aromatic carbocycles. The van der Waals surface area contributed by atoms with E-state index < -0.39 is 15.6 Å². The molecule has 0 radical (unpaired) electrons. The highest BCUT2D eigenvalue weighted by Gasteiger charge is 2.31. The summed E-state index contributed by atoms with van der Waals surface area (Å²) in [6.45, 7) is 0.220. The van der Waals surface area contributed by atoms with Crippen LogP contribution < -0.4 is 9.46 Å². The van der Waals surface area contributed by atoms with Crippen LogP contribution >= 0.6 is 0 Å².